The molecule has 2 atom stereocenters. The third-order valence-electron chi connectivity index (χ3n) is 2.78. The van der Waals surface area contributed by atoms with E-state index in [1.54, 1.807) is 4.90 Å². The minimum atomic E-state index is -0.322. The molecule has 2 N–H and O–H groups in total. The van der Waals surface area contributed by atoms with Crippen LogP contribution >= 0.6 is 0 Å². The minimum Gasteiger partial charge on any atom is -0.391 e. The summed E-state index contributed by atoms with van der Waals surface area (Å²) in [5.74, 6) is 0.155. The van der Waals surface area contributed by atoms with E-state index in [-0.39, 0.29) is 18.1 Å². The fraction of sp³-hybridized carbons (Fsp3) is 0.909. The van der Waals surface area contributed by atoms with Gasteiger partial charge in [0.2, 0.25) is 5.91 Å². The van der Waals surface area contributed by atoms with Gasteiger partial charge in [-0.15, -0.1) is 0 Å². The zero-order chi connectivity index (χ0) is 11.3. The largest absolute Gasteiger partial charge is 0.391 e. The summed E-state index contributed by atoms with van der Waals surface area (Å²) in [6, 6.07) is 0.224. The number of carbonyl (C=O) groups is 1. The molecule has 0 spiro atoms. The predicted octanol–water partition coefficient (Wildman–Crippen LogP) is 0.358. The summed E-state index contributed by atoms with van der Waals surface area (Å²) >= 11 is 0. The molecule has 0 aromatic carbocycles. The van der Waals surface area contributed by atoms with E-state index in [4.69, 9.17) is 0 Å². The molecule has 1 aliphatic rings. The van der Waals surface area contributed by atoms with Gasteiger partial charge in [-0.05, 0) is 26.3 Å². The molecule has 1 aliphatic heterocycles. The molecule has 0 radical (unpaired) electrons. The van der Waals surface area contributed by atoms with E-state index in [0.717, 1.165) is 25.9 Å². The minimum absolute atomic E-state index is 0.155. The molecule has 0 saturated carbocycles. The number of amides is 1. The molecule has 1 amide bonds. The maximum atomic E-state index is 11.8. The molecule has 1 fully saturated rings. The fourth-order valence-electron chi connectivity index (χ4n) is 1.99. The number of nitrogens with one attached hydrogen (secondary N) is 1. The highest BCUT2D eigenvalue weighted by Gasteiger charge is 2.22. The van der Waals surface area contributed by atoms with Crippen LogP contribution in [0.4, 0.5) is 0 Å². The van der Waals surface area contributed by atoms with Crippen molar-refractivity contribution in [3.8, 4) is 0 Å². The first-order valence-corrected chi connectivity index (χ1v) is 5.82. The Morgan fingerprint density at radius 1 is 1.67 bits per heavy atom. The highest BCUT2D eigenvalue weighted by atomic mass is 16.3. The molecule has 0 aromatic heterocycles. The van der Waals surface area contributed by atoms with Gasteiger partial charge in [-0.1, -0.05) is 6.92 Å². The third kappa shape index (κ3) is 4.18. The van der Waals surface area contributed by atoms with E-state index in [1.165, 1.54) is 0 Å². The molecule has 88 valence electrons. The van der Waals surface area contributed by atoms with Crippen molar-refractivity contribution in [2.45, 2.75) is 45.3 Å². The lowest BCUT2D eigenvalue weighted by molar-refractivity contribution is -0.134. The van der Waals surface area contributed by atoms with Crippen molar-refractivity contribution in [1.82, 2.24) is 10.2 Å². The molecule has 1 heterocycles. The molecule has 0 bridgehead atoms. The van der Waals surface area contributed by atoms with Crippen molar-refractivity contribution in [3.05, 3.63) is 0 Å². The zero-order valence-electron chi connectivity index (χ0n) is 9.70. The molecule has 1 unspecified atom stereocenters. The van der Waals surface area contributed by atoms with Gasteiger partial charge in [0.05, 0.1) is 6.10 Å². The predicted molar refractivity (Wildman–Crippen MR) is 59.6 cm³/mol. The van der Waals surface area contributed by atoms with Crippen molar-refractivity contribution >= 4 is 5.91 Å². The molecule has 4 heteroatoms. The van der Waals surface area contributed by atoms with Crippen molar-refractivity contribution in [1.29, 1.82) is 0 Å². The van der Waals surface area contributed by atoms with Gasteiger partial charge in [-0.25, -0.2) is 0 Å². The topological polar surface area (TPSA) is 52.6 Å². The van der Waals surface area contributed by atoms with Crippen LogP contribution in [0.1, 0.15) is 33.1 Å². The highest BCUT2D eigenvalue weighted by Crippen LogP contribution is 2.11. The Balaban J connectivity index is 2.32. The van der Waals surface area contributed by atoms with Gasteiger partial charge < -0.3 is 15.3 Å². The Hall–Kier alpha value is -0.610. The van der Waals surface area contributed by atoms with Crippen LogP contribution in [0.5, 0.6) is 0 Å². The van der Waals surface area contributed by atoms with Crippen molar-refractivity contribution in [2.24, 2.45) is 0 Å². The monoisotopic (exact) mass is 214 g/mol. The van der Waals surface area contributed by atoms with Crippen LogP contribution in [-0.2, 0) is 4.79 Å². The number of aliphatic hydroxyl groups is 1. The van der Waals surface area contributed by atoms with E-state index >= 15 is 0 Å². The molecule has 15 heavy (non-hydrogen) atoms. The zero-order valence-corrected chi connectivity index (χ0v) is 9.70. The van der Waals surface area contributed by atoms with Crippen molar-refractivity contribution in [3.63, 3.8) is 0 Å². The average molecular weight is 214 g/mol. The second kappa shape index (κ2) is 6.08. The van der Waals surface area contributed by atoms with E-state index in [9.17, 15) is 9.90 Å². The number of hydrogen-bond donors (Lipinski definition) is 2. The van der Waals surface area contributed by atoms with Gasteiger partial charge in [0.25, 0.3) is 0 Å². The Morgan fingerprint density at radius 2 is 2.40 bits per heavy atom. The molecule has 1 saturated heterocycles. The molecule has 1 rings (SSSR count). The lowest BCUT2D eigenvalue weighted by Crippen LogP contribution is -2.44. The van der Waals surface area contributed by atoms with Gasteiger partial charge in [0.15, 0.2) is 0 Å². The first kappa shape index (κ1) is 12.5. The Bertz CT molecular complexity index is 209. The second-order valence-corrected chi connectivity index (χ2v) is 4.30. The van der Waals surface area contributed by atoms with Gasteiger partial charge in [-0.3, -0.25) is 4.79 Å². The standard InChI is InChI=1S/C11H22N2O2/c1-3-12-9(2)7-11(15)13-6-4-5-10(14)8-13/h9-10,12,14H,3-8H2,1-2H3/t9?,10-/m0/s1. The smallest absolute Gasteiger partial charge is 0.224 e. The quantitative estimate of drug-likeness (QED) is 0.710. The maximum absolute atomic E-state index is 11.8. The Labute approximate surface area is 91.6 Å². The molecular weight excluding hydrogens is 192 g/mol. The first-order chi connectivity index (χ1) is 7.13. The summed E-state index contributed by atoms with van der Waals surface area (Å²) in [6.07, 6.45) is 1.95. The van der Waals surface area contributed by atoms with E-state index < -0.39 is 0 Å². The summed E-state index contributed by atoms with van der Waals surface area (Å²) in [6.45, 7) is 6.25. The van der Waals surface area contributed by atoms with Crippen LogP contribution in [0.15, 0.2) is 0 Å². The molecule has 0 aliphatic carbocycles. The highest BCUT2D eigenvalue weighted by molar-refractivity contribution is 5.76. The average Bonchev–Trinajstić information content (AvgIpc) is 2.18. The number of nitrogens with zero attached hydrogens (tertiary/aromatic N) is 1. The number of likely N-dealkylation sites (tertiary alicyclic amines) is 1. The number of β-amino-alcohol motifs (C(OH)–C–C–N with tert-alkyl or cyclic N) is 1. The lowest BCUT2D eigenvalue weighted by Gasteiger charge is -2.31. The summed E-state index contributed by atoms with van der Waals surface area (Å²) in [5, 5.41) is 12.7. The lowest BCUT2D eigenvalue weighted by atomic mass is 10.1. The normalized spacial score (nSPS) is 23.9. The number of aliphatic hydroxyl groups excluding tert-OH is 1. The molecular formula is C11H22N2O2. The van der Waals surface area contributed by atoms with Gasteiger partial charge in [-0.2, -0.15) is 0 Å². The summed E-state index contributed by atoms with van der Waals surface area (Å²) in [7, 11) is 0. The number of hydrogen-bond acceptors (Lipinski definition) is 3. The second-order valence-electron chi connectivity index (χ2n) is 4.30. The Kier molecular flexibility index (Phi) is 5.05. The van der Waals surface area contributed by atoms with E-state index in [2.05, 4.69) is 5.32 Å². The maximum Gasteiger partial charge on any atom is 0.224 e. The van der Waals surface area contributed by atoms with Gasteiger partial charge >= 0.3 is 0 Å². The Morgan fingerprint density at radius 3 is 3.00 bits per heavy atom. The van der Waals surface area contributed by atoms with E-state index in [1.807, 2.05) is 13.8 Å². The number of piperidine rings is 1. The summed E-state index contributed by atoms with van der Waals surface area (Å²) in [5.41, 5.74) is 0. The fourth-order valence-corrected chi connectivity index (χ4v) is 1.99. The van der Waals surface area contributed by atoms with Crippen LogP contribution in [-0.4, -0.2) is 47.7 Å². The van der Waals surface area contributed by atoms with Crippen LogP contribution in [0.2, 0.25) is 0 Å². The van der Waals surface area contributed by atoms with Crippen LogP contribution in [0, 0.1) is 0 Å². The van der Waals surface area contributed by atoms with Gasteiger partial charge in [0, 0.05) is 25.6 Å². The number of carbonyl (C=O) groups excluding carboxylic acids is 1. The summed E-state index contributed by atoms with van der Waals surface area (Å²) < 4.78 is 0. The molecule has 4 nitrogen and oxygen atoms in total. The van der Waals surface area contributed by atoms with Gasteiger partial charge in [0.1, 0.15) is 0 Å². The van der Waals surface area contributed by atoms with Crippen molar-refractivity contribution in [2.75, 3.05) is 19.6 Å². The summed E-state index contributed by atoms with van der Waals surface area (Å²) in [4.78, 5) is 13.6. The first-order valence-electron chi connectivity index (χ1n) is 5.82. The SMILES string of the molecule is CCNC(C)CC(=O)N1CCC[C@H](O)C1. The van der Waals surface area contributed by atoms with Crippen LogP contribution < -0.4 is 5.32 Å². The number of rotatable bonds is 4. The van der Waals surface area contributed by atoms with Crippen LogP contribution in [0.25, 0.3) is 0 Å². The molecule has 0 aromatic rings. The van der Waals surface area contributed by atoms with Crippen LogP contribution in [0.3, 0.4) is 0 Å². The van der Waals surface area contributed by atoms with Crippen molar-refractivity contribution < 1.29 is 9.90 Å². The van der Waals surface area contributed by atoms with E-state index in [0.29, 0.717) is 13.0 Å². The third-order valence-corrected chi connectivity index (χ3v) is 2.78.